The summed E-state index contributed by atoms with van der Waals surface area (Å²) < 4.78 is 20.8. The van der Waals surface area contributed by atoms with E-state index in [-0.39, 0.29) is 5.82 Å². The first-order chi connectivity index (χ1) is 13.8. The molecule has 0 unspecified atom stereocenters. The van der Waals surface area contributed by atoms with Gasteiger partial charge >= 0.3 is 5.97 Å². The van der Waals surface area contributed by atoms with Gasteiger partial charge in [-0.15, -0.1) is 0 Å². The molecule has 0 amide bonds. The van der Waals surface area contributed by atoms with Crippen LogP contribution in [0.4, 0.5) is 10.1 Å². The number of piperazine rings is 1. The Balaban J connectivity index is 1.62. The number of carboxylic acids is 1. The van der Waals surface area contributed by atoms with Gasteiger partial charge in [-0.1, -0.05) is 18.2 Å². The summed E-state index contributed by atoms with van der Waals surface area (Å²) >= 11 is 0. The number of amidine groups is 1. The second-order valence-corrected chi connectivity index (χ2v) is 8.07. The predicted molar refractivity (Wildman–Crippen MR) is 109 cm³/mol. The summed E-state index contributed by atoms with van der Waals surface area (Å²) in [5, 5.41) is 9.38. The highest BCUT2D eigenvalue weighted by Gasteiger charge is 2.33. The van der Waals surface area contributed by atoms with Gasteiger partial charge in [-0.2, -0.15) is 0 Å². The number of para-hydroxylation sites is 2. The number of ether oxygens (including phenoxy) is 1. The van der Waals surface area contributed by atoms with E-state index in [1.807, 2.05) is 24.3 Å². The predicted octanol–water partition coefficient (Wildman–Crippen LogP) is 3.74. The summed E-state index contributed by atoms with van der Waals surface area (Å²) in [6.45, 7) is 6.56. The van der Waals surface area contributed by atoms with Gasteiger partial charge in [0.1, 0.15) is 23.1 Å². The van der Waals surface area contributed by atoms with E-state index in [1.165, 1.54) is 6.07 Å². The summed E-state index contributed by atoms with van der Waals surface area (Å²) in [7, 11) is 0. The van der Waals surface area contributed by atoms with Crippen LogP contribution in [-0.2, 0) is 4.79 Å². The van der Waals surface area contributed by atoms with Gasteiger partial charge in [0.25, 0.3) is 0 Å². The van der Waals surface area contributed by atoms with Crippen molar-refractivity contribution in [1.29, 1.82) is 0 Å². The van der Waals surface area contributed by atoms with Crippen LogP contribution in [0.2, 0.25) is 0 Å². The molecule has 1 saturated heterocycles. The first kappa shape index (κ1) is 19.4. The molecule has 29 heavy (non-hydrogen) atoms. The third-order valence-corrected chi connectivity index (χ3v) is 5.38. The van der Waals surface area contributed by atoms with Gasteiger partial charge < -0.3 is 14.7 Å². The Kier molecular flexibility index (Phi) is 5.00. The van der Waals surface area contributed by atoms with Gasteiger partial charge in [-0.3, -0.25) is 9.69 Å². The van der Waals surface area contributed by atoms with Crippen molar-refractivity contribution in [3.05, 3.63) is 53.8 Å². The van der Waals surface area contributed by atoms with Crippen LogP contribution in [0.5, 0.6) is 11.5 Å². The van der Waals surface area contributed by atoms with Crippen LogP contribution in [0.3, 0.4) is 0 Å². The Bertz CT molecular complexity index is 966. The Morgan fingerprint density at radius 3 is 2.52 bits per heavy atom. The van der Waals surface area contributed by atoms with Gasteiger partial charge in [0, 0.05) is 32.7 Å². The van der Waals surface area contributed by atoms with E-state index in [4.69, 9.17) is 9.73 Å². The van der Waals surface area contributed by atoms with Crippen molar-refractivity contribution in [3.63, 3.8) is 0 Å². The van der Waals surface area contributed by atoms with Crippen LogP contribution in [0.25, 0.3) is 0 Å². The fourth-order valence-corrected chi connectivity index (χ4v) is 3.70. The number of carbonyl (C=O) groups is 1. The number of aliphatic imine (C=N–C) groups is 1. The molecule has 2 aliphatic heterocycles. The molecule has 2 heterocycles. The van der Waals surface area contributed by atoms with E-state index in [2.05, 4.69) is 9.80 Å². The zero-order chi connectivity index (χ0) is 20.6. The largest absolute Gasteiger partial charge is 0.481 e. The van der Waals surface area contributed by atoms with Gasteiger partial charge in [-0.05, 0) is 38.1 Å². The number of hydrogen-bond donors (Lipinski definition) is 1. The number of hydrogen-bond acceptors (Lipinski definition) is 5. The number of nitrogens with zero attached hydrogens (tertiary/aromatic N) is 3. The molecule has 0 aromatic heterocycles. The highest BCUT2D eigenvalue weighted by molar-refractivity contribution is 6.04. The molecular formula is C22H24FN3O3. The average molecular weight is 397 g/mol. The molecule has 0 atom stereocenters. The van der Waals surface area contributed by atoms with Crippen LogP contribution in [0, 0.1) is 11.2 Å². The second-order valence-electron chi connectivity index (χ2n) is 8.07. The highest BCUT2D eigenvalue weighted by Crippen LogP contribution is 2.38. The molecule has 4 rings (SSSR count). The molecule has 1 fully saturated rings. The SMILES string of the molecule is CC(C)(CN1CCN(C2=Nc3ccccc3Oc3cccc(F)c32)CC1)C(=O)O. The maximum Gasteiger partial charge on any atom is 0.310 e. The van der Waals surface area contributed by atoms with Crippen molar-refractivity contribution >= 4 is 17.5 Å². The minimum atomic E-state index is -0.812. The van der Waals surface area contributed by atoms with Crippen molar-refractivity contribution in [1.82, 2.24) is 9.80 Å². The number of carboxylic acid groups (broad SMARTS) is 1. The van der Waals surface area contributed by atoms with Crippen molar-refractivity contribution in [2.24, 2.45) is 10.4 Å². The Hall–Kier alpha value is -2.93. The second kappa shape index (κ2) is 7.48. The highest BCUT2D eigenvalue weighted by atomic mass is 19.1. The zero-order valence-corrected chi connectivity index (χ0v) is 16.6. The molecule has 6 nitrogen and oxygen atoms in total. The lowest BCUT2D eigenvalue weighted by atomic mass is 9.93. The molecule has 0 radical (unpaired) electrons. The molecule has 7 heteroatoms. The third-order valence-electron chi connectivity index (χ3n) is 5.38. The van der Waals surface area contributed by atoms with Gasteiger partial charge in [0.05, 0.1) is 11.0 Å². The molecule has 2 aromatic rings. The lowest BCUT2D eigenvalue weighted by molar-refractivity contribution is -0.148. The molecule has 0 spiro atoms. The van der Waals surface area contributed by atoms with E-state index >= 15 is 0 Å². The van der Waals surface area contributed by atoms with E-state index in [9.17, 15) is 14.3 Å². The fraction of sp³-hybridized carbons (Fsp3) is 0.364. The number of fused-ring (bicyclic) bond motifs is 2. The van der Waals surface area contributed by atoms with Crippen molar-refractivity contribution in [2.75, 3.05) is 32.7 Å². The van der Waals surface area contributed by atoms with Crippen LogP contribution in [0.15, 0.2) is 47.5 Å². The summed E-state index contributed by atoms with van der Waals surface area (Å²) in [6, 6.07) is 12.2. The zero-order valence-electron chi connectivity index (χ0n) is 16.6. The lowest BCUT2D eigenvalue weighted by Gasteiger charge is -2.38. The molecule has 0 aliphatic carbocycles. The van der Waals surface area contributed by atoms with Crippen molar-refractivity contribution in [2.45, 2.75) is 13.8 Å². The van der Waals surface area contributed by atoms with Crippen LogP contribution >= 0.6 is 0 Å². The number of benzene rings is 2. The smallest absolute Gasteiger partial charge is 0.310 e. The van der Waals surface area contributed by atoms with Crippen molar-refractivity contribution in [3.8, 4) is 11.5 Å². The van der Waals surface area contributed by atoms with Crippen LogP contribution in [-0.4, -0.2) is 59.4 Å². The Labute approximate surface area is 169 Å². The number of aliphatic carboxylic acids is 1. The summed E-state index contributed by atoms with van der Waals surface area (Å²) in [5.74, 6) is 0.417. The standard InChI is InChI=1S/C22H24FN3O3/c1-22(2,21(27)28)14-25-10-12-26(13-11-25)20-19-15(23)6-5-9-18(19)29-17-8-4-3-7-16(17)24-20/h3-9H,10-14H2,1-2H3,(H,27,28). The van der Waals surface area contributed by atoms with E-state index in [0.717, 1.165) is 0 Å². The normalized spacial score (nSPS) is 16.9. The molecular weight excluding hydrogens is 373 g/mol. The minimum Gasteiger partial charge on any atom is -0.481 e. The third kappa shape index (κ3) is 3.82. The van der Waals surface area contributed by atoms with E-state index in [0.29, 0.717) is 61.3 Å². The summed E-state index contributed by atoms with van der Waals surface area (Å²) in [5.41, 5.74) is 0.212. The first-order valence-electron chi connectivity index (χ1n) is 9.70. The Morgan fingerprint density at radius 2 is 1.79 bits per heavy atom. The van der Waals surface area contributed by atoms with Crippen LogP contribution < -0.4 is 4.74 Å². The fourth-order valence-electron chi connectivity index (χ4n) is 3.70. The monoisotopic (exact) mass is 397 g/mol. The maximum atomic E-state index is 14.8. The molecule has 1 N–H and O–H groups in total. The molecule has 0 saturated carbocycles. The molecule has 152 valence electrons. The maximum absolute atomic E-state index is 14.8. The average Bonchev–Trinajstić information content (AvgIpc) is 2.85. The lowest BCUT2D eigenvalue weighted by Crippen LogP contribution is -2.52. The van der Waals surface area contributed by atoms with E-state index in [1.54, 1.807) is 26.0 Å². The van der Waals surface area contributed by atoms with Crippen molar-refractivity contribution < 1.29 is 19.0 Å². The molecule has 2 aromatic carbocycles. The molecule has 2 aliphatic rings. The summed E-state index contributed by atoms with van der Waals surface area (Å²) in [6.07, 6.45) is 0. The van der Waals surface area contributed by atoms with Gasteiger partial charge in [0.2, 0.25) is 0 Å². The van der Waals surface area contributed by atoms with Gasteiger partial charge in [-0.25, -0.2) is 9.38 Å². The quantitative estimate of drug-likeness (QED) is 0.855. The minimum absolute atomic E-state index is 0.364. The topological polar surface area (TPSA) is 65.4 Å². The molecule has 0 bridgehead atoms. The summed E-state index contributed by atoms with van der Waals surface area (Å²) in [4.78, 5) is 20.4. The first-order valence-corrected chi connectivity index (χ1v) is 9.70. The number of halogens is 1. The van der Waals surface area contributed by atoms with E-state index < -0.39 is 11.4 Å². The van der Waals surface area contributed by atoms with Crippen LogP contribution in [0.1, 0.15) is 19.4 Å². The Morgan fingerprint density at radius 1 is 1.10 bits per heavy atom. The van der Waals surface area contributed by atoms with Gasteiger partial charge in [0.15, 0.2) is 5.75 Å². The number of rotatable bonds is 3.